The summed E-state index contributed by atoms with van der Waals surface area (Å²) in [5, 5.41) is 18.9. The second-order valence-electron chi connectivity index (χ2n) is 5.54. The van der Waals surface area contributed by atoms with Gasteiger partial charge in [0.05, 0.1) is 12.7 Å². The van der Waals surface area contributed by atoms with Gasteiger partial charge in [-0.05, 0) is 12.8 Å². The maximum atomic E-state index is 11.9. The average molecular weight is 332 g/mol. The molecule has 1 fully saturated rings. The Balaban J connectivity index is 2.15. The molecule has 3 N–H and O–H groups in total. The summed E-state index contributed by atoms with van der Waals surface area (Å²) in [6, 6.07) is 0. The van der Waals surface area contributed by atoms with Crippen molar-refractivity contribution in [3.63, 3.8) is 0 Å². The zero-order valence-corrected chi connectivity index (χ0v) is 13.2. The zero-order valence-electron chi connectivity index (χ0n) is 13.2. The van der Waals surface area contributed by atoms with Gasteiger partial charge in [0.25, 0.3) is 5.56 Å². The van der Waals surface area contributed by atoms with Crippen molar-refractivity contribution >= 4 is 0 Å². The number of aliphatic hydroxyl groups is 2. The third-order valence-electron chi connectivity index (χ3n) is 3.76. The summed E-state index contributed by atoms with van der Waals surface area (Å²) < 4.78 is 6.61. The number of terminal acetylenes is 1. The lowest BCUT2D eigenvalue weighted by molar-refractivity contribution is -0.0459. The number of nitrogens with one attached hydrogen (secondary N) is 1. The number of H-pyrrole nitrogens is 1. The number of hydrogen-bond acceptors (Lipinski definition) is 5. The first-order valence-corrected chi connectivity index (χ1v) is 7.79. The maximum absolute atomic E-state index is 11.9. The fourth-order valence-corrected chi connectivity index (χ4v) is 2.44. The van der Waals surface area contributed by atoms with Crippen molar-refractivity contribution in [2.24, 2.45) is 0 Å². The number of aliphatic hydroxyl groups excluding tert-OH is 2. The van der Waals surface area contributed by atoms with Crippen LogP contribution in [0.15, 0.2) is 15.8 Å². The molecule has 0 spiro atoms. The molecule has 0 radical (unpaired) electrons. The highest BCUT2D eigenvalue weighted by Crippen LogP contribution is 2.27. The first kappa shape index (κ1) is 18.0. The molecular formula is C17H20N2O5. The molecule has 1 unspecified atom stereocenters. The van der Waals surface area contributed by atoms with Crippen LogP contribution in [0.1, 0.15) is 43.9 Å². The maximum Gasteiger partial charge on any atom is 0.330 e. The molecule has 7 nitrogen and oxygen atoms in total. The van der Waals surface area contributed by atoms with E-state index >= 15 is 0 Å². The van der Waals surface area contributed by atoms with E-state index in [2.05, 4.69) is 22.7 Å². The van der Waals surface area contributed by atoms with Gasteiger partial charge in [-0.3, -0.25) is 14.3 Å². The number of aromatic amines is 1. The highest BCUT2D eigenvalue weighted by Gasteiger charge is 2.35. The average Bonchev–Trinajstić information content (AvgIpc) is 2.93. The lowest BCUT2D eigenvalue weighted by atomic mass is 10.2. The second-order valence-corrected chi connectivity index (χ2v) is 5.54. The minimum absolute atomic E-state index is 0.149. The summed E-state index contributed by atoms with van der Waals surface area (Å²) in [4.78, 5) is 26.0. The summed E-state index contributed by atoms with van der Waals surface area (Å²) in [5.41, 5.74) is -1.06. The molecule has 2 heterocycles. The van der Waals surface area contributed by atoms with E-state index in [9.17, 15) is 14.7 Å². The SMILES string of the molecule is C#CCCCCC#Cc1cn([C@H]2CC(O)[C@@H](CO)O2)c(=O)[nH]c1=O. The smallest absolute Gasteiger partial charge is 0.330 e. The number of aromatic nitrogens is 2. The first-order valence-electron chi connectivity index (χ1n) is 7.79. The summed E-state index contributed by atoms with van der Waals surface area (Å²) in [6.45, 7) is -0.347. The third-order valence-corrected chi connectivity index (χ3v) is 3.76. The molecule has 0 saturated carbocycles. The normalized spacial score (nSPS) is 22.6. The van der Waals surface area contributed by atoms with Gasteiger partial charge in [-0.15, -0.1) is 12.3 Å². The van der Waals surface area contributed by atoms with Crippen LogP contribution >= 0.6 is 0 Å². The van der Waals surface area contributed by atoms with Crippen LogP contribution in [0.3, 0.4) is 0 Å². The van der Waals surface area contributed by atoms with Crippen LogP contribution < -0.4 is 11.2 Å². The van der Waals surface area contributed by atoms with Crippen molar-refractivity contribution < 1.29 is 14.9 Å². The van der Waals surface area contributed by atoms with Crippen LogP contribution in [0.5, 0.6) is 0 Å². The first-order chi connectivity index (χ1) is 11.6. The Labute approximate surface area is 139 Å². The zero-order chi connectivity index (χ0) is 17.5. The lowest BCUT2D eigenvalue weighted by Gasteiger charge is -2.14. The molecule has 24 heavy (non-hydrogen) atoms. The Kier molecular flexibility index (Phi) is 6.39. The van der Waals surface area contributed by atoms with Crippen molar-refractivity contribution in [2.45, 2.75) is 50.5 Å². The van der Waals surface area contributed by atoms with E-state index in [1.54, 1.807) is 0 Å². The molecule has 2 rings (SSSR count). The van der Waals surface area contributed by atoms with Crippen molar-refractivity contribution in [3.8, 4) is 24.2 Å². The van der Waals surface area contributed by atoms with E-state index in [1.165, 1.54) is 10.8 Å². The monoisotopic (exact) mass is 332 g/mol. The van der Waals surface area contributed by atoms with Gasteiger partial charge >= 0.3 is 5.69 Å². The van der Waals surface area contributed by atoms with Crippen LogP contribution in [-0.4, -0.2) is 38.6 Å². The molecule has 0 bridgehead atoms. The van der Waals surface area contributed by atoms with Crippen LogP contribution in [0.25, 0.3) is 0 Å². The van der Waals surface area contributed by atoms with Gasteiger partial charge in [0.1, 0.15) is 17.9 Å². The number of hydrogen-bond donors (Lipinski definition) is 3. The van der Waals surface area contributed by atoms with Gasteiger partial charge in [0, 0.05) is 25.5 Å². The molecule has 7 heteroatoms. The molecule has 0 aromatic carbocycles. The van der Waals surface area contributed by atoms with Gasteiger partial charge in [0.2, 0.25) is 0 Å². The third kappa shape index (κ3) is 4.36. The van der Waals surface area contributed by atoms with Crippen molar-refractivity contribution in [1.29, 1.82) is 0 Å². The van der Waals surface area contributed by atoms with E-state index in [1.807, 2.05) is 0 Å². The Hall–Kier alpha value is -2.32. The van der Waals surface area contributed by atoms with Crippen LogP contribution in [0, 0.1) is 24.2 Å². The molecular weight excluding hydrogens is 312 g/mol. The molecule has 1 aliphatic rings. The minimum Gasteiger partial charge on any atom is -0.394 e. The quantitative estimate of drug-likeness (QED) is 0.508. The van der Waals surface area contributed by atoms with Crippen LogP contribution in [0.2, 0.25) is 0 Å². The predicted molar refractivity (Wildman–Crippen MR) is 87.1 cm³/mol. The highest BCUT2D eigenvalue weighted by molar-refractivity contribution is 5.29. The number of nitrogens with zero attached hydrogens (tertiary/aromatic N) is 1. The van der Waals surface area contributed by atoms with Crippen molar-refractivity contribution in [3.05, 3.63) is 32.6 Å². The van der Waals surface area contributed by atoms with Gasteiger partial charge in [-0.25, -0.2) is 4.79 Å². The molecule has 1 aromatic heterocycles. The number of unbranched alkanes of at least 4 members (excludes halogenated alkanes) is 3. The topological polar surface area (TPSA) is 105 Å². The summed E-state index contributed by atoms with van der Waals surface area (Å²) in [7, 11) is 0. The van der Waals surface area contributed by atoms with E-state index in [0.29, 0.717) is 12.8 Å². The predicted octanol–water partition coefficient (Wildman–Crippen LogP) is -0.278. The van der Waals surface area contributed by atoms with Gasteiger partial charge in [0.15, 0.2) is 0 Å². The Morgan fingerprint density at radius 2 is 2.12 bits per heavy atom. The molecule has 1 aliphatic heterocycles. The van der Waals surface area contributed by atoms with Crippen molar-refractivity contribution in [2.75, 3.05) is 6.61 Å². The summed E-state index contributed by atoms with van der Waals surface area (Å²) in [6.07, 6.45) is 7.27. The van der Waals surface area contributed by atoms with Gasteiger partial charge in [-0.1, -0.05) is 11.8 Å². The van der Waals surface area contributed by atoms with Gasteiger partial charge < -0.3 is 14.9 Å². The van der Waals surface area contributed by atoms with E-state index < -0.39 is 29.7 Å². The van der Waals surface area contributed by atoms with E-state index in [-0.39, 0.29) is 18.6 Å². The number of ether oxygens (including phenoxy) is 1. The largest absolute Gasteiger partial charge is 0.394 e. The van der Waals surface area contributed by atoms with Crippen LogP contribution in [-0.2, 0) is 4.74 Å². The fraction of sp³-hybridized carbons (Fsp3) is 0.529. The summed E-state index contributed by atoms with van der Waals surface area (Å²) >= 11 is 0. The molecule has 1 saturated heterocycles. The van der Waals surface area contributed by atoms with Crippen molar-refractivity contribution in [1.82, 2.24) is 9.55 Å². The number of rotatable bonds is 5. The summed E-state index contributed by atoms with van der Waals surface area (Å²) in [5.74, 6) is 8.18. The Morgan fingerprint density at radius 3 is 2.79 bits per heavy atom. The molecule has 1 aromatic rings. The Bertz CT molecular complexity index is 777. The lowest BCUT2D eigenvalue weighted by Crippen LogP contribution is -2.33. The van der Waals surface area contributed by atoms with Gasteiger partial charge in [-0.2, -0.15) is 0 Å². The Morgan fingerprint density at radius 1 is 1.38 bits per heavy atom. The van der Waals surface area contributed by atoms with E-state index in [4.69, 9.17) is 16.3 Å². The fourth-order valence-electron chi connectivity index (χ4n) is 2.44. The second kappa shape index (κ2) is 8.51. The van der Waals surface area contributed by atoms with Crippen LogP contribution in [0.4, 0.5) is 0 Å². The highest BCUT2D eigenvalue weighted by atomic mass is 16.5. The molecule has 128 valence electrons. The standard InChI is InChI=1S/C17H20N2O5/c1-2-3-4-5-6-7-8-12-10-19(17(23)18-16(12)22)15-9-13(21)14(11-20)24-15/h1,10,13-15,20-21H,3-6,9,11H2,(H,18,22,23)/t13?,14-,15-/m1/s1. The molecule has 3 atom stereocenters. The molecule has 0 aliphatic carbocycles. The molecule has 0 amide bonds. The van der Waals surface area contributed by atoms with E-state index in [0.717, 1.165) is 12.8 Å². The minimum atomic E-state index is -0.871.